The predicted octanol–water partition coefficient (Wildman–Crippen LogP) is 2.71. The highest BCUT2D eigenvalue weighted by atomic mass is 35.5. The highest BCUT2D eigenvalue weighted by Gasteiger charge is 2.11. The molecule has 3 aromatic heterocycles. The van der Waals surface area contributed by atoms with E-state index < -0.39 is 0 Å². The third kappa shape index (κ3) is 3.17. The second-order valence-corrected chi connectivity index (χ2v) is 5.40. The van der Waals surface area contributed by atoms with Gasteiger partial charge in [-0.2, -0.15) is 4.98 Å². The molecule has 0 amide bonds. The van der Waals surface area contributed by atoms with Gasteiger partial charge in [0.1, 0.15) is 11.5 Å². The second-order valence-electron chi connectivity index (χ2n) is 5.06. The van der Waals surface area contributed by atoms with Crippen LogP contribution in [-0.4, -0.2) is 21.0 Å². The molecule has 6 nitrogen and oxygen atoms in total. The van der Waals surface area contributed by atoms with Gasteiger partial charge >= 0.3 is 0 Å². The number of nitrogens with zero attached hydrogens (tertiary/aromatic N) is 2. The first kappa shape index (κ1) is 13.9. The van der Waals surface area contributed by atoms with Crippen LogP contribution in [0.3, 0.4) is 0 Å². The van der Waals surface area contributed by atoms with Gasteiger partial charge in [-0.25, -0.2) is 4.98 Å². The van der Waals surface area contributed by atoms with Crippen LogP contribution in [-0.2, 0) is 13.0 Å². The fourth-order valence-electron chi connectivity index (χ4n) is 2.21. The maximum absolute atomic E-state index is 5.97. The number of halogens is 1. The normalized spacial score (nSPS) is 12.7. The molecule has 0 aliphatic rings. The average Bonchev–Trinajstić information content (AvgIpc) is 3.03. The zero-order valence-corrected chi connectivity index (χ0v) is 12.3. The molecule has 0 aromatic carbocycles. The van der Waals surface area contributed by atoms with Gasteiger partial charge in [0.2, 0.25) is 5.28 Å². The molecule has 0 aliphatic carbocycles. The number of nitrogens with one attached hydrogen (secondary N) is 2. The number of furan rings is 1. The first-order chi connectivity index (χ1) is 10.1. The van der Waals surface area contributed by atoms with Crippen LogP contribution in [0.5, 0.6) is 0 Å². The van der Waals surface area contributed by atoms with Crippen molar-refractivity contribution in [3.8, 4) is 0 Å². The van der Waals surface area contributed by atoms with Gasteiger partial charge in [0, 0.05) is 30.3 Å². The monoisotopic (exact) mass is 305 g/mol. The molecule has 0 radical (unpaired) electrons. The Morgan fingerprint density at radius 1 is 1.48 bits per heavy atom. The highest BCUT2D eigenvalue weighted by Crippen LogP contribution is 2.24. The summed E-state index contributed by atoms with van der Waals surface area (Å²) in [5.41, 5.74) is 8.59. The highest BCUT2D eigenvalue weighted by molar-refractivity contribution is 6.28. The van der Waals surface area contributed by atoms with Crippen molar-refractivity contribution < 1.29 is 4.42 Å². The quantitative estimate of drug-likeness (QED) is 0.630. The molecule has 4 N–H and O–H groups in total. The Labute approximate surface area is 126 Å². The van der Waals surface area contributed by atoms with Crippen molar-refractivity contribution >= 4 is 28.5 Å². The summed E-state index contributed by atoms with van der Waals surface area (Å²) >= 11 is 5.97. The topological polar surface area (TPSA) is 92.8 Å². The summed E-state index contributed by atoms with van der Waals surface area (Å²) in [6, 6.07) is 3.97. The smallest absolute Gasteiger partial charge is 0.226 e. The molecule has 0 saturated carbocycles. The van der Waals surface area contributed by atoms with Crippen LogP contribution in [0.15, 0.2) is 29.1 Å². The standard InChI is InChI=1S/C14H16ClN5O/c1-8(16)4-10-5-11-12(17-6-9-2-3-21-7-9)19-14(15)20-13(11)18-10/h2-3,5,7-8H,4,6,16H2,1H3,(H2,17,18,19,20). The summed E-state index contributed by atoms with van der Waals surface area (Å²) < 4.78 is 5.04. The summed E-state index contributed by atoms with van der Waals surface area (Å²) in [7, 11) is 0. The van der Waals surface area contributed by atoms with E-state index in [2.05, 4.69) is 20.3 Å². The first-order valence-corrected chi connectivity index (χ1v) is 7.05. The molecular weight excluding hydrogens is 290 g/mol. The van der Waals surface area contributed by atoms with E-state index in [9.17, 15) is 0 Å². The molecule has 7 heteroatoms. The van der Waals surface area contributed by atoms with E-state index in [1.165, 1.54) is 0 Å². The van der Waals surface area contributed by atoms with E-state index in [1.54, 1.807) is 12.5 Å². The molecule has 0 fully saturated rings. The van der Waals surface area contributed by atoms with Gasteiger partial charge in [-0.3, -0.25) is 0 Å². The van der Waals surface area contributed by atoms with Gasteiger partial charge in [-0.1, -0.05) is 0 Å². The fourth-order valence-corrected chi connectivity index (χ4v) is 2.38. The van der Waals surface area contributed by atoms with Crippen LogP contribution in [0.4, 0.5) is 5.82 Å². The molecule has 0 spiro atoms. The Bertz CT molecular complexity index is 735. The molecule has 1 unspecified atom stereocenters. The zero-order valence-electron chi connectivity index (χ0n) is 11.6. The van der Waals surface area contributed by atoms with Crippen molar-refractivity contribution in [2.24, 2.45) is 5.73 Å². The number of aromatic amines is 1. The lowest BCUT2D eigenvalue weighted by atomic mass is 10.2. The lowest BCUT2D eigenvalue weighted by molar-refractivity contribution is 0.564. The van der Waals surface area contributed by atoms with Crippen LogP contribution < -0.4 is 11.1 Å². The third-order valence-electron chi connectivity index (χ3n) is 3.10. The zero-order chi connectivity index (χ0) is 14.8. The van der Waals surface area contributed by atoms with Crippen LogP contribution in [0.25, 0.3) is 11.0 Å². The number of aromatic nitrogens is 3. The van der Waals surface area contributed by atoms with Crippen LogP contribution >= 0.6 is 11.6 Å². The van der Waals surface area contributed by atoms with Crippen LogP contribution in [0, 0.1) is 0 Å². The minimum Gasteiger partial charge on any atom is -0.472 e. The lowest BCUT2D eigenvalue weighted by Crippen LogP contribution is -2.17. The molecule has 21 heavy (non-hydrogen) atoms. The summed E-state index contributed by atoms with van der Waals surface area (Å²) in [5, 5.41) is 4.35. The van der Waals surface area contributed by atoms with E-state index in [4.69, 9.17) is 21.8 Å². The van der Waals surface area contributed by atoms with Crippen molar-refractivity contribution in [1.29, 1.82) is 0 Å². The van der Waals surface area contributed by atoms with Gasteiger partial charge in [-0.05, 0) is 30.7 Å². The van der Waals surface area contributed by atoms with Crippen molar-refractivity contribution in [2.45, 2.75) is 25.9 Å². The number of hydrogen-bond acceptors (Lipinski definition) is 5. The van der Waals surface area contributed by atoms with Crippen LogP contribution in [0.1, 0.15) is 18.2 Å². The van der Waals surface area contributed by atoms with E-state index in [0.717, 1.165) is 23.1 Å². The number of nitrogens with two attached hydrogens (primary N) is 1. The second kappa shape index (κ2) is 5.75. The van der Waals surface area contributed by atoms with Gasteiger partial charge in [-0.15, -0.1) is 0 Å². The summed E-state index contributed by atoms with van der Waals surface area (Å²) in [4.78, 5) is 11.7. The molecule has 0 saturated heterocycles. The largest absolute Gasteiger partial charge is 0.472 e. The molecule has 3 heterocycles. The fraction of sp³-hybridized carbons (Fsp3) is 0.286. The molecular formula is C14H16ClN5O. The molecule has 1 atom stereocenters. The number of rotatable bonds is 5. The summed E-state index contributed by atoms with van der Waals surface area (Å²) in [5.74, 6) is 0.693. The molecule has 3 aromatic rings. The minimum absolute atomic E-state index is 0.0730. The Balaban J connectivity index is 1.90. The Hall–Kier alpha value is -2.05. The SMILES string of the molecule is CC(N)Cc1cc2c(NCc3ccoc3)nc(Cl)nc2[nH]1. The molecule has 0 aliphatic heterocycles. The Kier molecular flexibility index (Phi) is 3.81. The third-order valence-corrected chi connectivity index (χ3v) is 3.27. The molecule has 3 rings (SSSR count). The maximum atomic E-state index is 5.97. The van der Waals surface area contributed by atoms with Crippen molar-refractivity contribution in [3.05, 3.63) is 41.2 Å². The van der Waals surface area contributed by atoms with Gasteiger partial charge in [0.25, 0.3) is 0 Å². The number of anilines is 1. The van der Waals surface area contributed by atoms with E-state index >= 15 is 0 Å². The van der Waals surface area contributed by atoms with E-state index in [0.29, 0.717) is 18.0 Å². The lowest BCUT2D eigenvalue weighted by Gasteiger charge is -2.05. The minimum atomic E-state index is 0.0730. The van der Waals surface area contributed by atoms with Crippen LogP contribution in [0.2, 0.25) is 5.28 Å². The molecule has 110 valence electrons. The summed E-state index contributed by atoms with van der Waals surface area (Å²) in [6.45, 7) is 2.56. The first-order valence-electron chi connectivity index (χ1n) is 6.67. The average molecular weight is 306 g/mol. The van der Waals surface area contributed by atoms with Crippen molar-refractivity contribution in [1.82, 2.24) is 15.0 Å². The van der Waals surface area contributed by atoms with Gasteiger partial charge < -0.3 is 20.5 Å². The van der Waals surface area contributed by atoms with Gasteiger partial charge in [0.05, 0.1) is 17.9 Å². The summed E-state index contributed by atoms with van der Waals surface area (Å²) in [6.07, 6.45) is 4.07. The Morgan fingerprint density at radius 2 is 2.33 bits per heavy atom. The van der Waals surface area contributed by atoms with E-state index in [1.807, 2.05) is 19.1 Å². The predicted molar refractivity (Wildman–Crippen MR) is 82.3 cm³/mol. The maximum Gasteiger partial charge on any atom is 0.226 e. The van der Waals surface area contributed by atoms with Gasteiger partial charge in [0.15, 0.2) is 0 Å². The van der Waals surface area contributed by atoms with E-state index in [-0.39, 0.29) is 11.3 Å². The molecule has 0 bridgehead atoms. The van der Waals surface area contributed by atoms with Crippen molar-refractivity contribution in [3.63, 3.8) is 0 Å². The number of fused-ring (bicyclic) bond motifs is 1. The number of H-pyrrole nitrogens is 1. The Morgan fingerprint density at radius 3 is 3.05 bits per heavy atom. The van der Waals surface area contributed by atoms with Crippen molar-refractivity contribution in [2.75, 3.05) is 5.32 Å². The number of hydrogen-bond donors (Lipinski definition) is 3.